The molecule has 0 heterocycles. The van der Waals surface area contributed by atoms with Gasteiger partial charge in [0.2, 0.25) is 0 Å². The first kappa shape index (κ1) is 12.4. The first-order chi connectivity index (χ1) is 8.25. The van der Waals surface area contributed by atoms with Gasteiger partial charge in [-0.15, -0.1) is 0 Å². The van der Waals surface area contributed by atoms with Crippen molar-refractivity contribution in [1.29, 1.82) is 0 Å². The van der Waals surface area contributed by atoms with Crippen molar-refractivity contribution >= 4 is 0 Å². The van der Waals surface area contributed by atoms with Crippen LogP contribution in [0.2, 0.25) is 0 Å². The molecule has 2 N–H and O–H groups in total. The summed E-state index contributed by atoms with van der Waals surface area (Å²) in [6, 6.07) is 8.16. The van der Waals surface area contributed by atoms with E-state index in [0.29, 0.717) is 11.8 Å². The molecule has 0 radical (unpaired) electrons. The van der Waals surface area contributed by atoms with Crippen LogP contribution in [0.1, 0.15) is 38.2 Å². The summed E-state index contributed by atoms with van der Waals surface area (Å²) in [7, 11) is 0. The molecular formula is C15H23NO. The fraction of sp³-hybridized carbons (Fsp3) is 0.600. The van der Waals surface area contributed by atoms with Crippen LogP contribution in [0.5, 0.6) is 5.75 Å². The van der Waals surface area contributed by atoms with Crippen molar-refractivity contribution in [2.24, 2.45) is 5.92 Å². The van der Waals surface area contributed by atoms with Crippen LogP contribution >= 0.6 is 0 Å². The molecule has 2 rings (SSSR count). The van der Waals surface area contributed by atoms with E-state index < -0.39 is 0 Å². The van der Waals surface area contributed by atoms with E-state index in [1.165, 1.54) is 31.2 Å². The van der Waals surface area contributed by atoms with E-state index in [9.17, 15) is 5.11 Å². The Balaban J connectivity index is 1.70. The van der Waals surface area contributed by atoms with Gasteiger partial charge in [0.05, 0.1) is 0 Å². The Kier molecular flexibility index (Phi) is 4.43. The lowest BCUT2D eigenvalue weighted by Crippen LogP contribution is -2.33. The molecule has 17 heavy (non-hydrogen) atoms. The Bertz CT molecular complexity index is 327. The number of rotatable bonds is 5. The molecule has 1 aromatic rings. The Labute approximate surface area is 104 Å². The smallest absolute Gasteiger partial charge is 0.115 e. The zero-order chi connectivity index (χ0) is 12.1. The first-order valence-electron chi connectivity index (χ1n) is 6.77. The van der Waals surface area contributed by atoms with Gasteiger partial charge < -0.3 is 10.4 Å². The van der Waals surface area contributed by atoms with Gasteiger partial charge in [-0.3, -0.25) is 0 Å². The zero-order valence-electron chi connectivity index (χ0n) is 10.7. The zero-order valence-corrected chi connectivity index (χ0v) is 10.7. The molecule has 0 aliphatic heterocycles. The highest BCUT2D eigenvalue weighted by Gasteiger charge is 2.20. The van der Waals surface area contributed by atoms with Crippen LogP contribution in [0.3, 0.4) is 0 Å². The number of nitrogens with one attached hydrogen (secondary N) is 1. The van der Waals surface area contributed by atoms with Crippen LogP contribution in [0.4, 0.5) is 0 Å². The van der Waals surface area contributed by atoms with Gasteiger partial charge in [0.15, 0.2) is 0 Å². The fourth-order valence-corrected chi connectivity index (χ4v) is 2.73. The standard InChI is InChI=1S/C15H23NO/c1-12(14-4-2-3-5-14)16-11-10-13-6-8-15(17)9-7-13/h6-9,12,14,16-17H,2-5,10-11H2,1H3. The van der Waals surface area contributed by atoms with Crippen molar-refractivity contribution in [3.63, 3.8) is 0 Å². The molecule has 1 saturated carbocycles. The summed E-state index contributed by atoms with van der Waals surface area (Å²) in [5, 5.41) is 12.8. The normalized spacial score (nSPS) is 18.4. The summed E-state index contributed by atoms with van der Waals surface area (Å²) in [5.41, 5.74) is 1.29. The van der Waals surface area contributed by atoms with Crippen molar-refractivity contribution in [2.75, 3.05) is 6.54 Å². The van der Waals surface area contributed by atoms with Crippen molar-refractivity contribution in [3.8, 4) is 5.75 Å². The van der Waals surface area contributed by atoms with Gasteiger partial charge in [0, 0.05) is 6.04 Å². The summed E-state index contributed by atoms with van der Waals surface area (Å²) >= 11 is 0. The van der Waals surface area contributed by atoms with Crippen LogP contribution in [0.15, 0.2) is 24.3 Å². The minimum Gasteiger partial charge on any atom is -0.508 e. The topological polar surface area (TPSA) is 32.3 Å². The minimum atomic E-state index is 0.348. The summed E-state index contributed by atoms with van der Waals surface area (Å²) in [4.78, 5) is 0. The second-order valence-electron chi connectivity index (χ2n) is 5.20. The highest BCUT2D eigenvalue weighted by Crippen LogP contribution is 2.27. The van der Waals surface area contributed by atoms with Crippen molar-refractivity contribution < 1.29 is 5.11 Å². The van der Waals surface area contributed by atoms with E-state index in [1.807, 2.05) is 12.1 Å². The molecule has 1 unspecified atom stereocenters. The van der Waals surface area contributed by atoms with Gasteiger partial charge in [-0.1, -0.05) is 25.0 Å². The van der Waals surface area contributed by atoms with Crippen LogP contribution in [-0.2, 0) is 6.42 Å². The Morgan fingerprint density at radius 1 is 1.24 bits per heavy atom. The maximum atomic E-state index is 9.20. The second-order valence-corrected chi connectivity index (χ2v) is 5.20. The predicted molar refractivity (Wildman–Crippen MR) is 71.2 cm³/mol. The molecular weight excluding hydrogens is 210 g/mol. The van der Waals surface area contributed by atoms with Gasteiger partial charge in [-0.25, -0.2) is 0 Å². The number of benzene rings is 1. The van der Waals surface area contributed by atoms with Crippen molar-refractivity contribution in [3.05, 3.63) is 29.8 Å². The Morgan fingerprint density at radius 3 is 2.53 bits per heavy atom. The number of hydrogen-bond acceptors (Lipinski definition) is 2. The van der Waals surface area contributed by atoms with Crippen LogP contribution in [0.25, 0.3) is 0 Å². The Hall–Kier alpha value is -1.02. The largest absolute Gasteiger partial charge is 0.508 e. The average Bonchev–Trinajstić information content (AvgIpc) is 2.85. The SMILES string of the molecule is CC(NCCc1ccc(O)cc1)C1CCCC1. The maximum absolute atomic E-state index is 9.20. The van der Waals surface area contributed by atoms with E-state index in [1.54, 1.807) is 12.1 Å². The maximum Gasteiger partial charge on any atom is 0.115 e. The van der Waals surface area contributed by atoms with E-state index in [2.05, 4.69) is 12.2 Å². The molecule has 1 aromatic carbocycles. The summed E-state index contributed by atoms with van der Waals surface area (Å²) in [5.74, 6) is 1.23. The monoisotopic (exact) mass is 233 g/mol. The number of phenols is 1. The quantitative estimate of drug-likeness (QED) is 0.819. The molecule has 0 spiro atoms. The highest BCUT2D eigenvalue weighted by molar-refractivity contribution is 5.25. The third kappa shape index (κ3) is 3.74. The molecule has 0 saturated heterocycles. The molecule has 0 amide bonds. The minimum absolute atomic E-state index is 0.348. The first-order valence-corrected chi connectivity index (χ1v) is 6.77. The summed E-state index contributed by atoms with van der Waals surface area (Å²) in [6.45, 7) is 3.34. The average molecular weight is 233 g/mol. The Morgan fingerprint density at radius 2 is 1.88 bits per heavy atom. The van der Waals surface area contributed by atoms with Gasteiger partial charge in [0.1, 0.15) is 5.75 Å². The summed E-state index contributed by atoms with van der Waals surface area (Å²) in [6.07, 6.45) is 6.65. The molecule has 0 bridgehead atoms. The lowest BCUT2D eigenvalue weighted by atomic mass is 9.99. The third-order valence-electron chi connectivity index (χ3n) is 3.92. The van der Waals surface area contributed by atoms with E-state index in [0.717, 1.165) is 18.9 Å². The molecule has 0 aromatic heterocycles. The lowest BCUT2D eigenvalue weighted by molar-refractivity contribution is 0.384. The number of aromatic hydroxyl groups is 1. The van der Waals surface area contributed by atoms with Crippen molar-refractivity contribution in [1.82, 2.24) is 5.32 Å². The van der Waals surface area contributed by atoms with Gasteiger partial charge >= 0.3 is 0 Å². The van der Waals surface area contributed by atoms with Gasteiger partial charge in [-0.2, -0.15) is 0 Å². The van der Waals surface area contributed by atoms with Crippen molar-refractivity contribution in [2.45, 2.75) is 45.1 Å². The molecule has 1 atom stereocenters. The van der Waals surface area contributed by atoms with E-state index >= 15 is 0 Å². The van der Waals surface area contributed by atoms with Gasteiger partial charge in [0.25, 0.3) is 0 Å². The summed E-state index contributed by atoms with van der Waals surface area (Å²) < 4.78 is 0. The van der Waals surface area contributed by atoms with Crippen LogP contribution in [0, 0.1) is 5.92 Å². The molecule has 1 aliphatic carbocycles. The van der Waals surface area contributed by atoms with E-state index in [4.69, 9.17) is 0 Å². The van der Waals surface area contributed by atoms with Gasteiger partial charge in [-0.05, 0) is 56.3 Å². The highest BCUT2D eigenvalue weighted by atomic mass is 16.3. The molecule has 1 aliphatic rings. The van der Waals surface area contributed by atoms with Crippen LogP contribution < -0.4 is 5.32 Å². The number of hydrogen-bond donors (Lipinski definition) is 2. The molecule has 2 heteroatoms. The molecule has 94 valence electrons. The third-order valence-corrected chi connectivity index (χ3v) is 3.92. The predicted octanol–water partition coefficient (Wildman–Crippen LogP) is 3.10. The molecule has 2 nitrogen and oxygen atoms in total. The van der Waals surface area contributed by atoms with E-state index in [-0.39, 0.29) is 0 Å². The van der Waals surface area contributed by atoms with Crippen LogP contribution in [-0.4, -0.2) is 17.7 Å². The fourth-order valence-electron chi connectivity index (χ4n) is 2.73. The second kappa shape index (κ2) is 6.06. The lowest BCUT2D eigenvalue weighted by Gasteiger charge is -2.20. The molecule has 1 fully saturated rings. The number of phenolic OH excluding ortho intramolecular Hbond substituents is 1.